The van der Waals surface area contributed by atoms with Gasteiger partial charge in [0.25, 0.3) is 0 Å². The fourth-order valence-electron chi connectivity index (χ4n) is 3.09. The first-order valence-corrected chi connectivity index (χ1v) is 9.05. The molecule has 0 amide bonds. The Kier molecular flexibility index (Phi) is 5.84. The van der Waals surface area contributed by atoms with Gasteiger partial charge < -0.3 is 4.74 Å². The van der Waals surface area contributed by atoms with Crippen molar-refractivity contribution in [3.8, 4) is 28.0 Å². The van der Waals surface area contributed by atoms with Gasteiger partial charge in [0.1, 0.15) is 5.82 Å². The first-order chi connectivity index (χ1) is 13.0. The smallest absolute Gasteiger partial charge is 0.201 e. The summed E-state index contributed by atoms with van der Waals surface area (Å²) in [6.07, 6.45) is 1.79. The van der Waals surface area contributed by atoms with Crippen LogP contribution in [0.2, 0.25) is 0 Å². The zero-order valence-electron chi connectivity index (χ0n) is 15.4. The largest absolute Gasteiger partial charge is 0.491 e. The number of hydrogen-bond acceptors (Lipinski definition) is 1. The van der Waals surface area contributed by atoms with Crippen LogP contribution in [0.5, 0.6) is 5.75 Å². The number of ether oxygens (including phenoxy) is 1. The van der Waals surface area contributed by atoms with Gasteiger partial charge in [0.2, 0.25) is 5.82 Å². The minimum absolute atomic E-state index is 0.107. The molecule has 1 nitrogen and oxygen atoms in total. The normalized spacial score (nSPS) is 10.9. The zero-order valence-corrected chi connectivity index (χ0v) is 15.4. The maximum Gasteiger partial charge on any atom is 0.201 e. The molecule has 3 aromatic carbocycles. The Morgan fingerprint density at radius 1 is 0.741 bits per heavy atom. The fraction of sp³-hybridized carbons (Fsp3) is 0.217. The highest BCUT2D eigenvalue weighted by atomic mass is 19.2. The van der Waals surface area contributed by atoms with E-state index in [0.29, 0.717) is 16.7 Å². The zero-order chi connectivity index (χ0) is 19.4. The lowest BCUT2D eigenvalue weighted by Crippen LogP contribution is -1.98. The monoisotopic (exact) mass is 370 g/mol. The average molecular weight is 370 g/mol. The molecule has 0 saturated heterocycles. The van der Waals surface area contributed by atoms with Crippen molar-refractivity contribution in [2.45, 2.75) is 26.7 Å². The van der Waals surface area contributed by atoms with Crippen molar-refractivity contribution in [3.63, 3.8) is 0 Å². The molecule has 0 aliphatic heterocycles. The first kappa shape index (κ1) is 19.0. The lowest BCUT2D eigenvalue weighted by atomic mass is 9.98. The van der Waals surface area contributed by atoms with Crippen LogP contribution in [-0.4, -0.2) is 6.61 Å². The van der Waals surface area contributed by atoms with Crippen LogP contribution in [0.1, 0.15) is 25.8 Å². The number of halogens is 3. The lowest BCUT2D eigenvalue weighted by Gasteiger charge is -2.10. The van der Waals surface area contributed by atoms with E-state index in [1.165, 1.54) is 12.1 Å². The van der Waals surface area contributed by atoms with Crippen LogP contribution in [0.4, 0.5) is 13.2 Å². The Hall–Kier alpha value is -2.75. The second-order valence-electron chi connectivity index (χ2n) is 6.31. The summed E-state index contributed by atoms with van der Waals surface area (Å²) in [6.45, 7) is 4.01. The Labute approximate surface area is 157 Å². The van der Waals surface area contributed by atoms with E-state index < -0.39 is 11.6 Å². The van der Waals surface area contributed by atoms with Gasteiger partial charge in [0.05, 0.1) is 6.61 Å². The number of aryl methyl sites for hydroxylation is 1. The van der Waals surface area contributed by atoms with Crippen molar-refractivity contribution < 1.29 is 17.9 Å². The summed E-state index contributed by atoms with van der Waals surface area (Å²) in [5.41, 5.74) is 2.79. The van der Waals surface area contributed by atoms with E-state index in [2.05, 4.69) is 0 Å². The summed E-state index contributed by atoms with van der Waals surface area (Å²) in [4.78, 5) is 0. The summed E-state index contributed by atoms with van der Waals surface area (Å²) in [7, 11) is 0. The van der Waals surface area contributed by atoms with Gasteiger partial charge in [-0.05, 0) is 48.2 Å². The van der Waals surface area contributed by atoms with Crippen molar-refractivity contribution in [3.05, 3.63) is 77.6 Å². The van der Waals surface area contributed by atoms with Crippen LogP contribution in [0, 0.1) is 17.5 Å². The molecule has 0 spiro atoms. The van der Waals surface area contributed by atoms with Crippen LogP contribution in [0.3, 0.4) is 0 Å². The van der Waals surface area contributed by atoms with E-state index in [4.69, 9.17) is 4.74 Å². The molecule has 27 heavy (non-hydrogen) atoms. The molecule has 3 aromatic rings. The Morgan fingerprint density at radius 2 is 1.37 bits per heavy atom. The third-order valence-corrected chi connectivity index (χ3v) is 4.43. The molecule has 0 N–H and O–H groups in total. The van der Waals surface area contributed by atoms with Gasteiger partial charge in [-0.1, -0.05) is 49.7 Å². The van der Waals surface area contributed by atoms with E-state index in [1.807, 2.05) is 13.0 Å². The molecule has 0 unspecified atom stereocenters. The molecule has 0 aromatic heterocycles. The molecule has 4 heteroatoms. The fourth-order valence-corrected chi connectivity index (χ4v) is 3.09. The summed E-state index contributed by atoms with van der Waals surface area (Å²) in [6, 6.07) is 14.9. The summed E-state index contributed by atoms with van der Waals surface area (Å²) < 4.78 is 47.9. The van der Waals surface area contributed by atoms with Gasteiger partial charge in [0.15, 0.2) is 11.6 Å². The SMILES string of the molecule is CCCc1ccc(-c2ccc(-c3ccc(OCC)c(F)c3F)cc2)c(F)c1. The highest BCUT2D eigenvalue weighted by Gasteiger charge is 2.16. The highest BCUT2D eigenvalue weighted by molar-refractivity contribution is 5.71. The van der Waals surface area contributed by atoms with Crippen molar-refractivity contribution >= 4 is 0 Å². The van der Waals surface area contributed by atoms with E-state index >= 15 is 0 Å². The molecule has 0 bridgehead atoms. The molecule has 140 valence electrons. The topological polar surface area (TPSA) is 9.23 Å². The Bertz CT molecular complexity index is 933. The molecule has 0 aliphatic carbocycles. The second kappa shape index (κ2) is 8.30. The molecular formula is C23H21F3O. The Morgan fingerprint density at radius 3 is 1.96 bits per heavy atom. The standard InChI is InChI=1S/C23H21F3O/c1-3-5-15-6-11-18(20(24)14-15)16-7-9-17(10-8-16)19-12-13-21(27-4-2)23(26)22(19)25/h6-14H,3-5H2,1-2H3. The minimum Gasteiger partial charge on any atom is -0.491 e. The van der Waals surface area contributed by atoms with Gasteiger partial charge in [-0.25, -0.2) is 8.78 Å². The van der Waals surface area contributed by atoms with E-state index in [1.54, 1.807) is 43.3 Å². The summed E-state index contributed by atoms with van der Waals surface area (Å²) >= 11 is 0. The molecule has 3 rings (SSSR count). The van der Waals surface area contributed by atoms with Crippen LogP contribution in [0.15, 0.2) is 54.6 Å². The van der Waals surface area contributed by atoms with Crippen molar-refractivity contribution in [1.82, 2.24) is 0 Å². The third-order valence-electron chi connectivity index (χ3n) is 4.43. The third kappa shape index (κ3) is 4.00. The predicted octanol–water partition coefficient (Wildman–Crippen LogP) is 6.79. The minimum atomic E-state index is -1.00. The van der Waals surface area contributed by atoms with E-state index in [9.17, 15) is 13.2 Å². The van der Waals surface area contributed by atoms with Crippen LogP contribution in [-0.2, 0) is 6.42 Å². The van der Waals surface area contributed by atoms with Gasteiger partial charge in [-0.15, -0.1) is 0 Å². The maximum atomic E-state index is 14.4. The molecule has 0 radical (unpaired) electrons. The highest BCUT2D eigenvalue weighted by Crippen LogP contribution is 2.32. The van der Waals surface area contributed by atoms with E-state index in [-0.39, 0.29) is 23.7 Å². The maximum absolute atomic E-state index is 14.4. The predicted molar refractivity (Wildman–Crippen MR) is 102 cm³/mol. The molecule has 0 fully saturated rings. The molecule has 0 heterocycles. The van der Waals surface area contributed by atoms with Crippen LogP contribution in [0.25, 0.3) is 22.3 Å². The lowest BCUT2D eigenvalue weighted by molar-refractivity contribution is 0.314. The molecule has 0 aliphatic rings. The Balaban J connectivity index is 1.91. The van der Waals surface area contributed by atoms with Gasteiger partial charge in [-0.2, -0.15) is 4.39 Å². The van der Waals surface area contributed by atoms with Crippen LogP contribution >= 0.6 is 0 Å². The van der Waals surface area contributed by atoms with Gasteiger partial charge in [-0.3, -0.25) is 0 Å². The molecule has 0 atom stereocenters. The number of benzene rings is 3. The quantitative estimate of drug-likeness (QED) is 0.464. The van der Waals surface area contributed by atoms with Crippen molar-refractivity contribution in [2.75, 3.05) is 6.61 Å². The summed E-state index contributed by atoms with van der Waals surface area (Å²) in [5, 5.41) is 0. The van der Waals surface area contributed by atoms with Crippen LogP contribution < -0.4 is 4.74 Å². The van der Waals surface area contributed by atoms with E-state index in [0.717, 1.165) is 18.4 Å². The number of rotatable bonds is 6. The van der Waals surface area contributed by atoms with Gasteiger partial charge >= 0.3 is 0 Å². The summed E-state index contributed by atoms with van der Waals surface area (Å²) in [5.74, 6) is -2.35. The molecular weight excluding hydrogens is 349 g/mol. The average Bonchev–Trinajstić information content (AvgIpc) is 2.67. The van der Waals surface area contributed by atoms with Crippen molar-refractivity contribution in [1.29, 1.82) is 0 Å². The second-order valence-corrected chi connectivity index (χ2v) is 6.31. The first-order valence-electron chi connectivity index (χ1n) is 9.05. The van der Waals surface area contributed by atoms with Crippen molar-refractivity contribution in [2.24, 2.45) is 0 Å². The number of hydrogen-bond donors (Lipinski definition) is 0. The van der Waals surface area contributed by atoms with Gasteiger partial charge in [0, 0.05) is 11.1 Å². The molecule has 0 saturated carbocycles.